The second-order valence-corrected chi connectivity index (χ2v) is 18.9. The predicted octanol–water partition coefficient (Wildman–Crippen LogP) is 11.3. The first-order valence-corrected chi connectivity index (χ1v) is 26.2. The first kappa shape index (κ1) is 59.8. The minimum absolute atomic E-state index is 0.0932. The van der Waals surface area contributed by atoms with Crippen LogP contribution < -0.4 is 0 Å². The van der Waals surface area contributed by atoms with E-state index in [1.54, 1.807) is 12.2 Å². The zero-order valence-corrected chi connectivity index (χ0v) is 39.9. The Morgan fingerprint density at radius 3 is 1.68 bits per heavy atom. The molecule has 0 fully saturated rings. The molecule has 3 atom stereocenters. The maximum atomic E-state index is 12.7. The molecule has 0 aromatic carbocycles. The first-order chi connectivity index (χ1) is 29.6. The maximum absolute atomic E-state index is 12.7. The molecule has 0 rings (SSSR count). The number of unbranched alkanes of at least 4 members (excludes halogenated alkanes) is 16. The Kier molecular flexibility index (Phi) is 38.8. The number of ether oxygens (including phenoxy) is 2. The van der Waals surface area contributed by atoms with Gasteiger partial charge >= 0.3 is 27.6 Å². The quantitative estimate of drug-likeness (QED) is 0.0112. The van der Waals surface area contributed by atoms with Gasteiger partial charge in [0.25, 0.3) is 0 Å². The first-order valence-electron chi connectivity index (χ1n) is 23.1. The van der Waals surface area contributed by atoms with Crippen LogP contribution in [0.3, 0.4) is 0 Å². The van der Waals surface area contributed by atoms with E-state index in [9.17, 15) is 33.5 Å². The lowest BCUT2D eigenvalue weighted by Gasteiger charge is -2.20. The van der Waals surface area contributed by atoms with Gasteiger partial charge in [-0.2, -0.15) is 0 Å². The number of phosphoric ester groups is 2. The van der Waals surface area contributed by atoms with E-state index in [4.69, 9.17) is 23.8 Å². The summed E-state index contributed by atoms with van der Waals surface area (Å²) < 4.78 is 47.8. The van der Waals surface area contributed by atoms with Gasteiger partial charge in [-0.3, -0.25) is 28.0 Å². The smallest absolute Gasteiger partial charge is 0.462 e. The molecular formula is C46H82O14P2. The SMILES string of the molecule is CCCCCC(=O)/C=C/C=C\C/C=C\C/C=C\CCCC(=O)OC[C@H](COP(=O)(O)OC[C@@H](O)COP(=O)(O)O)OC(=O)CCCCCCCCCCCCCCCCC(C)C. The fourth-order valence-corrected chi connectivity index (χ4v) is 7.22. The summed E-state index contributed by atoms with van der Waals surface area (Å²) >= 11 is 0. The van der Waals surface area contributed by atoms with Crippen molar-refractivity contribution >= 4 is 33.4 Å². The topological polar surface area (TPSA) is 212 Å². The lowest BCUT2D eigenvalue weighted by Crippen LogP contribution is -2.30. The molecule has 0 amide bonds. The minimum Gasteiger partial charge on any atom is -0.462 e. The summed E-state index contributed by atoms with van der Waals surface area (Å²) in [5, 5.41) is 9.75. The summed E-state index contributed by atoms with van der Waals surface area (Å²) in [6.07, 6.45) is 36.7. The zero-order chi connectivity index (χ0) is 46.2. The van der Waals surface area contributed by atoms with Crippen LogP contribution in [0.15, 0.2) is 48.6 Å². The highest BCUT2D eigenvalue weighted by molar-refractivity contribution is 7.47. The third-order valence-electron chi connectivity index (χ3n) is 9.61. The van der Waals surface area contributed by atoms with Crippen molar-refractivity contribution in [3.8, 4) is 0 Å². The predicted molar refractivity (Wildman–Crippen MR) is 244 cm³/mol. The summed E-state index contributed by atoms with van der Waals surface area (Å²) in [6.45, 7) is 3.86. The van der Waals surface area contributed by atoms with Gasteiger partial charge in [-0.15, -0.1) is 0 Å². The molecule has 14 nitrogen and oxygen atoms in total. The molecule has 0 aromatic rings. The zero-order valence-electron chi connectivity index (χ0n) is 38.1. The van der Waals surface area contributed by atoms with Gasteiger partial charge in [0.15, 0.2) is 11.9 Å². The molecule has 0 saturated carbocycles. The van der Waals surface area contributed by atoms with Gasteiger partial charge in [-0.1, -0.05) is 166 Å². The van der Waals surface area contributed by atoms with Crippen molar-refractivity contribution in [2.75, 3.05) is 26.4 Å². The standard InChI is InChI=1S/C46H82O14P2/c1-4-5-27-33-42(47)34-29-24-20-16-12-10-14-17-21-25-30-35-45(49)56-39-44(40-59-62(54,55)58-38-43(48)37-57-61(51,52)53)60-46(50)36-31-26-22-18-13-9-7-6-8-11-15-19-23-28-32-41(2)3/h10,12,17,20-21,24,29,34,41,43-44,48H,4-9,11,13-16,18-19,22-23,25-28,30-33,35-40H2,1-3H3,(H,54,55)(H2,51,52,53)/b12-10-,21-17-,24-20-,34-29+/t43-,44+/m0/s1. The number of carbonyl (C=O) groups excluding carboxylic acids is 3. The Morgan fingerprint density at radius 1 is 0.565 bits per heavy atom. The molecule has 360 valence electrons. The fraction of sp³-hybridized carbons (Fsp3) is 0.761. The minimum atomic E-state index is -4.88. The van der Waals surface area contributed by atoms with E-state index in [0.717, 1.165) is 63.7 Å². The van der Waals surface area contributed by atoms with Crippen LogP contribution in [0.2, 0.25) is 0 Å². The summed E-state index contributed by atoms with van der Waals surface area (Å²) in [7, 11) is -9.71. The molecule has 1 unspecified atom stereocenters. The molecule has 0 heterocycles. The van der Waals surface area contributed by atoms with Crippen molar-refractivity contribution in [2.45, 2.75) is 193 Å². The number of aliphatic hydroxyl groups is 1. The maximum Gasteiger partial charge on any atom is 0.472 e. The monoisotopic (exact) mass is 921 g/mol. The Balaban J connectivity index is 4.59. The van der Waals surface area contributed by atoms with Gasteiger partial charge < -0.3 is 29.3 Å². The molecule has 0 aliphatic rings. The van der Waals surface area contributed by atoms with E-state index in [1.807, 2.05) is 36.5 Å². The molecule has 0 spiro atoms. The number of allylic oxidation sites excluding steroid dienone is 8. The molecular weight excluding hydrogens is 838 g/mol. The fourth-order valence-electron chi connectivity index (χ4n) is 6.07. The van der Waals surface area contributed by atoms with E-state index in [-0.39, 0.29) is 18.6 Å². The number of esters is 2. The van der Waals surface area contributed by atoms with Crippen molar-refractivity contribution in [1.29, 1.82) is 0 Å². The van der Waals surface area contributed by atoms with E-state index in [2.05, 4.69) is 29.8 Å². The third kappa shape index (κ3) is 44.4. The Bertz CT molecular complexity index is 1360. The summed E-state index contributed by atoms with van der Waals surface area (Å²) in [5.74, 6) is -0.180. The highest BCUT2D eigenvalue weighted by Gasteiger charge is 2.28. The Morgan fingerprint density at radius 2 is 1.08 bits per heavy atom. The van der Waals surface area contributed by atoms with Gasteiger partial charge in [0, 0.05) is 19.3 Å². The second-order valence-electron chi connectivity index (χ2n) is 16.2. The molecule has 0 radical (unpaired) electrons. The van der Waals surface area contributed by atoms with E-state index < -0.39 is 66.2 Å². The number of aliphatic hydroxyl groups excluding tert-OH is 1. The van der Waals surface area contributed by atoms with Crippen LogP contribution in [0.5, 0.6) is 0 Å². The third-order valence-corrected chi connectivity index (χ3v) is 11.1. The number of rotatable bonds is 43. The van der Waals surface area contributed by atoms with Crippen molar-refractivity contribution < 1.29 is 66.3 Å². The molecule has 0 aliphatic carbocycles. The summed E-state index contributed by atoms with van der Waals surface area (Å²) in [4.78, 5) is 64.5. The highest BCUT2D eigenvalue weighted by Crippen LogP contribution is 2.43. The molecule has 62 heavy (non-hydrogen) atoms. The Hall–Kier alpha value is -2.25. The van der Waals surface area contributed by atoms with E-state index >= 15 is 0 Å². The molecule has 16 heteroatoms. The van der Waals surface area contributed by atoms with E-state index in [1.165, 1.54) is 64.2 Å². The average molecular weight is 921 g/mol. The van der Waals surface area contributed by atoms with Gasteiger partial charge in [0.05, 0.1) is 19.8 Å². The van der Waals surface area contributed by atoms with Crippen LogP contribution in [0.25, 0.3) is 0 Å². The molecule has 0 aromatic heterocycles. The second kappa shape index (κ2) is 40.3. The van der Waals surface area contributed by atoms with Crippen LogP contribution >= 0.6 is 15.6 Å². The number of hydrogen-bond donors (Lipinski definition) is 4. The van der Waals surface area contributed by atoms with Gasteiger partial charge in [-0.05, 0) is 50.5 Å². The molecule has 4 N–H and O–H groups in total. The van der Waals surface area contributed by atoms with Gasteiger partial charge in [0.2, 0.25) is 0 Å². The van der Waals surface area contributed by atoms with Crippen molar-refractivity contribution in [3.05, 3.63) is 48.6 Å². The number of carbonyl (C=O) groups is 3. The molecule has 0 bridgehead atoms. The van der Waals surface area contributed by atoms with Gasteiger partial charge in [-0.25, -0.2) is 9.13 Å². The van der Waals surface area contributed by atoms with Crippen LogP contribution in [-0.2, 0) is 46.6 Å². The van der Waals surface area contributed by atoms with Crippen LogP contribution in [0, 0.1) is 5.92 Å². The number of hydrogen-bond acceptors (Lipinski definition) is 11. The number of phosphoric acid groups is 2. The molecule has 0 aliphatic heterocycles. The highest BCUT2D eigenvalue weighted by atomic mass is 31.2. The lowest BCUT2D eigenvalue weighted by molar-refractivity contribution is -0.161. The van der Waals surface area contributed by atoms with Crippen LogP contribution in [-0.4, -0.2) is 76.1 Å². The average Bonchev–Trinajstić information content (AvgIpc) is 3.21. The van der Waals surface area contributed by atoms with Crippen LogP contribution in [0.1, 0.15) is 181 Å². The lowest BCUT2D eigenvalue weighted by atomic mass is 10.0. The molecule has 0 saturated heterocycles. The summed E-state index contributed by atoms with van der Waals surface area (Å²) in [5.41, 5.74) is 0. The largest absolute Gasteiger partial charge is 0.472 e. The summed E-state index contributed by atoms with van der Waals surface area (Å²) in [6, 6.07) is 0. The van der Waals surface area contributed by atoms with Crippen LogP contribution in [0.4, 0.5) is 0 Å². The van der Waals surface area contributed by atoms with E-state index in [0.29, 0.717) is 25.7 Å². The van der Waals surface area contributed by atoms with Gasteiger partial charge in [0.1, 0.15) is 12.7 Å². The number of ketones is 1. The normalized spacial score (nSPS) is 14.4. The Labute approximate surface area is 373 Å². The van der Waals surface area contributed by atoms with Crippen molar-refractivity contribution in [2.24, 2.45) is 5.92 Å². The van der Waals surface area contributed by atoms with Crippen molar-refractivity contribution in [1.82, 2.24) is 0 Å². The van der Waals surface area contributed by atoms with Crippen molar-refractivity contribution in [3.63, 3.8) is 0 Å².